The molecule has 0 saturated heterocycles. The normalized spacial score (nSPS) is 17.2. The van der Waals surface area contributed by atoms with Gasteiger partial charge in [0.05, 0.1) is 20.4 Å². The van der Waals surface area contributed by atoms with Crippen molar-refractivity contribution in [3.05, 3.63) is 118 Å². The minimum Gasteiger partial charge on any atom is -0.458 e. The summed E-state index contributed by atoms with van der Waals surface area (Å²) in [6.07, 6.45) is 0. The number of benzene rings is 3. The maximum absolute atomic E-state index is 12.9. The second-order valence-corrected chi connectivity index (χ2v) is 7.70. The Hall–Kier alpha value is -2.86. The average molecular weight is 478 g/mol. The van der Waals surface area contributed by atoms with Crippen molar-refractivity contribution in [1.29, 1.82) is 0 Å². The van der Waals surface area contributed by atoms with E-state index in [0.29, 0.717) is 16.9 Å². The summed E-state index contributed by atoms with van der Waals surface area (Å²) in [6, 6.07) is 27.5. The summed E-state index contributed by atoms with van der Waals surface area (Å²) in [5.41, 5.74) is 2.80. The standard InChI is InChI=1S/C24H15IO3/c25-21(16-11-5-2-6-12-16)23-19(15-9-3-1-4-10-15)20-22(28-23)17-13-7-8-14-18(17)27-24(20)26/h1-14,19H/b23-21+. The number of hydrogen-bond donors (Lipinski definition) is 0. The van der Waals surface area contributed by atoms with Gasteiger partial charge in [-0.2, -0.15) is 0 Å². The van der Waals surface area contributed by atoms with Gasteiger partial charge in [0.2, 0.25) is 0 Å². The molecule has 136 valence electrons. The van der Waals surface area contributed by atoms with Gasteiger partial charge in [0, 0.05) is 0 Å². The van der Waals surface area contributed by atoms with E-state index in [1.165, 1.54) is 0 Å². The first kappa shape index (κ1) is 17.3. The highest BCUT2D eigenvalue weighted by molar-refractivity contribution is 14.1. The highest BCUT2D eigenvalue weighted by Gasteiger charge is 2.38. The van der Waals surface area contributed by atoms with Crippen LogP contribution in [-0.2, 0) is 0 Å². The zero-order valence-electron chi connectivity index (χ0n) is 14.8. The number of ether oxygens (including phenoxy) is 1. The molecule has 0 bridgehead atoms. The molecule has 0 spiro atoms. The van der Waals surface area contributed by atoms with Crippen molar-refractivity contribution >= 4 is 37.1 Å². The molecule has 4 aromatic rings. The van der Waals surface area contributed by atoms with E-state index in [-0.39, 0.29) is 11.5 Å². The molecule has 0 fully saturated rings. The first-order chi connectivity index (χ1) is 13.7. The van der Waals surface area contributed by atoms with Crippen LogP contribution in [0, 0.1) is 0 Å². The fourth-order valence-electron chi connectivity index (χ4n) is 3.66. The van der Waals surface area contributed by atoms with Gasteiger partial charge < -0.3 is 9.15 Å². The lowest BCUT2D eigenvalue weighted by molar-refractivity contribution is 0.445. The van der Waals surface area contributed by atoms with Crippen LogP contribution < -0.4 is 10.4 Å². The van der Waals surface area contributed by atoms with Crippen LogP contribution in [0.5, 0.6) is 5.75 Å². The molecular formula is C24H15IO3. The van der Waals surface area contributed by atoms with Gasteiger partial charge in [-0.15, -0.1) is 0 Å². The van der Waals surface area contributed by atoms with E-state index in [9.17, 15) is 4.79 Å². The quantitative estimate of drug-likeness (QED) is 0.258. The molecule has 5 rings (SSSR count). The molecule has 0 aliphatic carbocycles. The zero-order chi connectivity index (χ0) is 19.1. The molecule has 1 atom stereocenters. The Labute approximate surface area is 175 Å². The van der Waals surface area contributed by atoms with Gasteiger partial charge in [-0.25, -0.2) is 4.79 Å². The molecule has 3 aromatic carbocycles. The predicted octanol–water partition coefficient (Wildman–Crippen LogP) is 6.12. The minimum absolute atomic E-state index is 0.302. The Morgan fingerprint density at radius 3 is 2.21 bits per heavy atom. The average Bonchev–Trinajstić information content (AvgIpc) is 3.16. The maximum Gasteiger partial charge on any atom is 0.344 e. The fraction of sp³-hybridized carbons (Fsp3) is 0.0417. The van der Waals surface area contributed by atoms with Crippen molar-refractivity contribution < 1.29 is 9.15 Å². The summed E-state index contributed by atoms with van der Waals surface area (Å²) in [5.74, 6) is 1.06. The number of hydrogen-bond acceptors (Lipinski definition) is 3. The number of halogens is 1. The Morgan fingerprint density at radius 2 is 1.46 bits per heavy atom. The molecule has 4 heteroatoms. The largest absolute Gasteiger partial charge is 0.458 e. The van der Waals surface area contributed by atoms with Gasteiger partial charge in [-0.3, -0.25) is 0 Å². The molecule has 0 saturated carbocycles. The summed E-state index contributed by atoms with van der Waals surface area (Å²) >= 11 is 2.31. The van der Waals surface area contributed by atoms with E-state index in [1.807, 2.05) is 78.9 Å². The molecular weight excluding hydrogens is 463 g/mol. The van der Waals surface area contributed by atoms with Crippen LogP contribution in [0.3, 0.4) is 0 Å². The highest BCUT2D eigenvalue weighted by Crippen LogP contribution is 2.49. The van der Waals surface area contributed by atoms with Crippen molar-refractivity contribution in [3.63, 3.8) is 0 Å². The van der Waals surface area contributed by atoms with Crippen molar-refractivity contribution in [3.8, 4) is 5.75 Å². The third-order valence-corrected chi connectivity index (χ3v) is 6.09. The van der Waals surface area contributed by atoms with Crippen molar-refractivity contribution in [1.82, 2.24) is 0 Å². The van der Waals surface area contributed by atoms with Gasteiger partial charge in [0.15, 0.2) is 0 Å². The highest BCUT2D eigenvalue weighted by atomic mass is 127. The first-order valence-corrected chi connectivity index (χ1v) is 10.1. The molecule has 1 aliphatic rings. The van der Waals surface area contributed by atoms with Crippen LogP contribution in [0.25, 0.3) is 14.5 Å². The van der Waals surface area contributed by atoms with E-state index in [4.69, 9.17) is 9.15 Å². The summed E-state index contributed by atoms with van der Waals surface area (Å²) in [6.45, 7) is 0. The van der Waals surface area contributed by atoms with Crippen LogP contribution in [0.4, 0.5) is 0 Å². The monoisotopic (exact) mass is 478 g/mol. The molecule has 1 unspecified atom stereocenters. The zero-order valence-corrected chi connectivity index (χ0v) is 16.9. The molecule has 3 nitrogen and oxygen atoms in total. The molecule has 0 amide bonds. The Balaban J connectivity index is 1.83. The van der Waals surface area contributed by atoms with E-state index in [0.717, 1.165) is 25.9 Å². The van der Waals surface area contributed by atoms with E-state index < -0.39 is 0 Å². The molecule has 0 N–H and O–H groups in total. The SMILES string of the molecule is O=c1oc2ccccc2c2c1C(c1ccccc1)/C(=C(\I)c1ccccc1)O2. The van der Waals surface area contributed by atoms with Crippen molar-refractivity contribution in [2.45, 2.75) is 5.92 Å². The van der Waals surface area contributed by atoms with Crippen LogP contribution in [0.2, 0.25) is 0 Å². The lowest BCUT2D eigenvalue weighted by Crippen LogP contribution is -2.11. The lowest BCUT2D eigenvalue weighted by Gasteiger charge is -2.13. The van der Waals surface area contributed by atoms with Gasteiger partial charge in [0.25, 0.3) is 0 Å². The summed E-state index contributed by atoms with van der Waals surface area (Å²) in [5, 5.41) is 0.810. The molecule has 0 radical (unpaired) electrons. The van der Waals surface area contributed by atoms with E-state index in [2.05, 4.69) is 22.6 Å². The summed E-state index contributed by atoms with van der Waals surface area (Å²) in [4.78, 5) is 12.9. The second kappa shape index (κ2) is 6.95. The number of fused-ring (bicyclic) bond motifs is 3. The summed E-state index contributed by atoms with van der Waals surface area (Å²) in [7, 11) is 0. The topological polar surface area (TPSA) is 39.4 Å². The van der Waals surface area contributed by atoms with E-state index >= 15 is 0 Å². The maximum atomic E-state index is 12.9. The van der Waals surface area contributed by atoms with Gasteiger partial charge in [-0.1, -0.05) is 72.8 Å². The van der Waals surface area contributed by atoms with Gasteiger partial charge in [-0.05, 0) is 45.9 Å². The van der Waals surface area contributed by atoms with Crippen LogP contribution in [0.15, 0.2) is 99.9 Å². The van der Waals surface area contributed by atoms with Crippen LogP contribution >= 0.6 is 22.6 Å². The van der Waals surface area contributed by atoms with Crippen molar-refractivity contribution in [2.75, 3.05) is 0 Å². The predicted molar refractivity (Wildman–Crippen MR) is 119 cm³/mol. The first-order valence-electron chi connectivity index (χ1n) is 8.97. The van der Waals surface area contributed by atoms with Crippen LogP contribution in [0.1, 0.15) is 22.6 Å². The van der Waals surface area contributed by atoms with E-state index in [1.54, 1.807) is 6.07 Å². The molecule has 2 heterocycles. The number of allylic oxidation sites excluding steroid dienone is 1. The van der Waals surface area contributed by atoms with Gasteiger partial charge >= 0.3 is 5.63 Å². The Bertz CT molecular complexity index is 1260. The minimum atomic E-state index is -0.352. The van der Waals surface area contributed by atoms with Gasteiger partial charge in [0.1, 0.15) is 17.1 Å². The third kappa shape index (κ3) is 2.76. The smallest absolute Gasteiger partial charge is 0.344 e. The number of para-hydroxylation sites is 1. The number of rotatable bonds is 2. The summed E-state index contributed by atoms with van der Waals surface area (Å²) < 4.78 is 13.0. The molecule has 1 aromatic heterocycles. The molecule has 1 aliphatic heterocycles. The lowest BCUT2D eigenvalue weighted by atomic mass is 9.90. The third-order valence-electron chi connectivity index (χ3n) is 4.94. The fourth-order valence-corrected chi connectivity index (χ4v) is 4.44. The second-order valence-electron chi connectivity index (χ2n) is 6.62. The van der Waals surface area contributed by atoms with Crippen LogP contribution in [-0.4, -0.2) is 0 Å². The molecule has 28 heavy (non-hydrogen) atoms. The Morgan fingerprint density at radius 1 is 0.821 bits per heavy atom. The Kier molecular flexibility index (Phi) is 4.28. The van der Waals surface area contributed by atoms with Crippen molar-refractivity contribution in [2.24, 2.45) is 0 Å².